The van der Waals surface area contributed by atoms with Crippen molar-refractivity contribution in [3.05, 3.63) is 72.9 Å². The molecule has 26 heavy (non-hydrogen) atoms. The summed E-state index contributed by atoms with van der Waals surface area (Å²) >= 11 is 0. The molecule has 0 aliphatic heterocycles. The Morgan fingerprint density at radius 2 is 1.35 bits per heavy atom. The fraction of sp³-hybridized carbons (Fsp3) is 0. The Morgan fingerprint density at radius 1 is 0.731 bits per heavy atom. The van der Waals surface area contributed by atoms with E-state index in [0.29, 0.717) is 16.7 Å². The molecule has 6 heteroatoms. The summed E-state index contributed by atoms with van der Waals surface area (Å²) in [5.74, 6) is 0.178. The van der Waals surface area contributed by atoms with Crippen LogP contribution in [0.1, 0.15) is 0 Å². The van der Waals surface area contributed by atoms with Gasteiger partial charge in [0.1, 0.15) is 5.69 Å². The van der Waals surface area contributed by atoms with E-state index in [0.717, 1.165) is 26.0 Å². The van der Waals surface area contributed by atoms with E-state index in [2.05, 4.69) is 9.97 Å². The summed E-state index contributed by atoms with van der Waals surface area (Å²) in [4.78, 5) is 8.83. The molecule has 0 amide bonds. The molecule has 0 N–H and O–H groups in total. The van der Waals surface area contributed by atoms with Crippen LogP contribution in [0, 0.1) is 0 Å². The van der Waals surface area contributed by atoms with Crippen LogP contribution in [0.3, 0.4) is 0 Å². The maximum absolute atomic E-state index is 14.1. The average Bonchev–Trinajstić information content (AvgIpc) is 3.10. The number of benzene rings is 3. The van der Waals surface area contributed by atoms with Gasteiger partial charge in [-0.3, -0.25) is 13.6 Å². The van der Waals surface area contributed by atoms with Gasteiger partial charge in [-0.1, -0.05) is 54.6 Å². The van der Waals surface area contributed by atoms with E-state index in [-0.39, 0.29) is 5.82 Å². The third-order valence-corrected chi connectivity index (χ3v) is 4.65. The van der Waals surface area contributed by atoms with E-state index in [1.807, 2.05) is 48.5 Å². The smallest absolute Gasteiger partial charge is 0.306 e. The second-order valence-corrected chi connectivity index (χ2v) is 6.09. The van der Waals surface area contributed by atoms with E-state index in [1.165, 1.54) is 0 Å². The molecule has 0 spiro atoms. The lowest BCUT2D eigenvalue weighted by atomic mass is 9.99. The van der Waals surface area contributed by atoms with Crippen LogP contribution >= 0.6 is 0 Å². The lowest BCUT2D eigenvalue weighted by molar-refractivity contribution is 0.635. The van der Waals surface area contributed by atoms with Gasteiger partial charge < -0.3 is 4.48 Å². The Kier molecular flexibility index (Phi) is 3.25. The standard InChI is InChI=1S/C20H12BF2N3/c22-21(23)26-19-16-10-4-2-8-14(16)13-7-1-3-9-15(13)18(19)25-20(26)17-11-5-6-12-24-17/h1-12H. The summed E-state index contributed by atoms with van der Waals surface area (Å²) in [6, 6.07) is 20.6. The third kappa shape index (κ3) is 2.05. The SMILES string of the molecule is FB(F)n1c(-c2ccccn2)nc2c3ccccc3c3ccccc3c21. The Balaban J connectivity index is 2.06. The molecule has 2 heterocycles. The van der Waals surface area contributed by atoms with Crippen LogP contribution in [0.2, 0.25) is 0 Å². The van der Waals surface area contributed by atoms with Crippen molar-refractivity contribution in [2.45, 2.75) is 0 Å². The normalized spacial score (nSPS) is 11.5. The van der Waals surface area contributed by atoms with E-state index in [9.17, 15) is 8.63 Å². The predicted octanol–water partition coefficient (Wildman–Crippen LogP) is 5.18. The largest absolute Gasteiger partial charge is 0.679 e. The predicted molar refractivity (Wildman–Crippen MR) is 101 cm³/mol. The molecule has 5 rings (SSSR count). The lowest BCUT2D eigenvalue weighted by Crippen LogP contribution is -2.14. The van der Waals surface area contributed by atoms with Crippen molar-refractivity contribution >= 4 is 40.0 Å². The number of nitrogens with zero attached hydrogens (tertiary/aromatic N) is 3. The maximum Gasteiger partial charge on any atom is 0.679 e. The van der Waals surface area contributed by atoms with Crippen molar-refractivity contribution in [3.8, 4) is 11.5 Å². The Labute approximate surface area is 148 Å². The summed E-state index contributed by atoms with van der Waals surface area (Å²) < 4.78 is 29.2. The fourth-order valence-corrected chi connectivity index (χ4v) is 3.59. The van der Waals surface area contributed by atoms with Crippen molar-refractivity contribution in [1.82, 2.24) is 14.4 Å². The van der Waals surface area contributed by atoms with E-state index in [4.69, 9.17) is 0 Å². The highest BCUT2D eigenvalue weighted by Crippen LogP contribution is 2.37. The van der Waals surface area contributed by atoms with Crippen molar-refractivity contribution in [1.29, 1.82) is 0 Å². The van der Waals surface area contributed by atoms with Crippen molar-refractivity contribution in [3.63, 3.8) is 0 Å². The monoisotopic (exact) mass is 343 g/mol. The molecule has 0 unspecified atom stereocenters. The zero-order valence-electron chi connectivity index (χ0n) is 13.6. The summed E-state index contributed by atoms with van der Waals surface area (Å²) in [7, 11) is -2.72. The molecule has 0 bridgehead atoms. The number of imidazole rings is 1. The molecule has 0 atom stereocenters. The number of fused-ring (bicyclic) bond motifs is 6. The van der Waals surface area contributed by atoms with Crippen LogP contribution < -0.4 is 0 Å². The molecule has 0 fully saturated rings. The molecule has 0 saturated heterocycles. The van der Waals surface area contributed by atoms with Crippen LogP contribution in [-0.2, 0) is 0 Å². The van der Waals surface area contributed by atoms with Gasteiger partial charge in [-0.25, -0.2) is 4.98 Å². The van der Waals surface area contributed by atoms with E-state index >= 15 is 0 Å². The zero-order valence-corrected chi connectivity index (χ0v) is 13.6. The van der Waals surface area contributed by atoms with Gasteiger partial charge >= 0.3 is 7.40 Å². The van der Waals surface area contributed by atoms with Gasteiger partial charge in [0, 0.05) is 17.0 Å². The maximum atomic E-state index is 14.1. The first-order chi connectivity index (χ1) is 12.8. The Morgan fingerprint density at radius 3 is 2.00 bits per heavy atom. The summed E-state index contributed by atoms with van der Waals surface area (Å²) in [5, 5.41) is 3.56. The fourth-order valence-electron chi connectivity index (χ4n) is 3.59. The highest BCUT2D eigenvalue weighted by atomic mass is 19.2. The Hall–Kier alpha value is -3.28. The molecule has 0 aliphatic carbocycles. The number of halogens is 2. The minimum Gasteiger partial charge on any atom is -0.306 e. The van der Waals surface area contributed by atoms with Gasteiger partial charge in [0.15, 0.2) is 5.82 Å². The average molecular weight is 343 g/mol. The van der Waals surface area contributed by atoms with Crippen LogP contribution in [0.5, 0.6) is 0 Å². The second kappa shape index (κ2) is 5.63. The molecule has 3 nitrogen and oxygen atoms in total. The number of rotatable bonds is 2. The van der Waals surface area contributed by atoms with Gasteiger partial charge in [-0.05, 0) is 22.9 Å². The van der Waals surface area contributed by atoms with Crippen molar-refractivity contribution in [2.75, 3.05) is 0 Å². The molecule has 0 aliphatic rings. The Bertz CT molecular complexity index is 1270. The van der Waals surface area contributed by atoms with E-state index in [1.54, 1.807) is 24.4 Å². The molecule has 0 radical (unpaired) electrons. The summed E-state index contributed by atoms with van der Waals surface area (Å²) in [6.07, 6.45) is 1.58. The van der Waals surface area contributed by atoms with Gasteiger partial charge in [0.05, 0.1) is 11.0 Å². The first-order valence-corrected chi connectivity index (χ1v) is 8.26. The van der Waals surface area contributed by atoms with Gasteiger partial charge in [-0.15, -0.1) is 0 Å². The van der Waals surface area contributed by atoms with Crippen LogP contribution in [0.15, 0.2) is 72.9 Å². The first-order valence-electron chi connectivity index (χ1n) is 8.26. The first kappa shape index (κ1) is 15.0. The number of aromatic nitrogens is 3. The number of hydrogen-bond acceptors (Lipinski definition) is 2. The highest BCUT2D eigenvalue weighted by Gasteiger charge is 2.28. The number of hydrogen-bond donors (Lipinski definition) is 0. The number of pyridine rings is 1. The van der Waals surface area contributed by atoms with Crippen molar-refractivity contribution < 1.29 is 8.63 Å². The minimum atomic E-state index is -2.72. The third-order valence-electron chi connectivity index (χ3n) is 4.65. The van der Waals surface area contributed by atoms with Crippen LogP contribution in [0.25, 0.3) is 44.1 Å². The van der Waals surface area contributed by atoms with E-state index < -0.39 is 7.40 Å². The minimum absolute atomic E-state index is 0.178. The molecular weight excluding hydrogens is 331 g/mol. The van der Waals surface area contributed by atoms with Crippen molar-refractivity contribution in [2.24, 2.45) is 0 Å². The topological polar surface area (TPSA) is 30.7 Å². The summed E-state index contributed by atoms with van der Waals surface area (Å²) in [6.45, 7) is 0. The van der Waals surface area contributed by atoms with Gasteiger partial charge in [0.25, 0.3) is 0 Å². The van der Waals surface area contributed by atoms with Crippen LogP contribution in [0.4, 0.5) is 8.63 Å². The summed E-state index contributed by atoms with van der Waals surface area (Å²) in [5.41, 5.74) is 1.44. The molecular formula is C20H12BF2N3. The molecule has 124 valence electrons. The van der Waals surface area contributed by atoms with Gasteiger partial charge in [-0.2, -0.15) is 0 Å². The molecule has 3 aromatic carbocycles. The molecule has 0 saturated carbocycles. The molecule has 2 aromatic heterocycles. The molecule has 5 aromatic rings. The second-order valence-electron chi connectivity index (χ2n) is 6.09. The zero-order chi connectivity index (χ0) is 17.7. The lowest BCUT2D eigenvalue weighted by Gasteiger charge is -2.09. The quantitative estimate of drug-likeness (QED) is 0.327. The van der Waals surface area contributed by atoms with Gasteiger partial charge in [0.2, 0.25) is 0 Å². The highest BCUT2D eigenvalue weighted by molar-refractivity contribution is 6.45. The van der Waals surface area contributed by atoms with Crippen LogP contribution in [-0.4, -0.2) is 21.8 Å².